The second-order valence-corrected chi connectivity index (χ2v) is 8.48. The average Bonchev–Trinajstić information content (AvgIpc) is 3.06. The van der Waals surface area contributed by atoms with Crippen molar-refractivity contribution in [2.45, 2.75) is 19.1 Å². The van der Waals surface area contributed by atoms with E-state index < -0.39 is 36.2 Å². The lowest BCUT2D eigenvalue weighted by Gasteiger charge is -2.25. The van der Waals surface area contributed by atoms with E-state index >= 15 is 8.78 Å². The van der Waals surface area contributed by atoms with Crippen molar-refractivity contribution < 1.29 is 31.9 Å². The number of nitrogen functional groups attached to an aromatic ring is 1. The Bertz CT molecular complexity index is 1080. The van der Waals surface area contributed by atoms with Gasteiger partial charge in [-0.15, -0.1) is 0 Å². The number of anilines is 3. The predicted molar refractivity (Wildman–Crippen MR) is 124 cm³/mol. The van der Waals surface area contributed by atoms with E-state index in [1.54, 1.807) is 4.90 Å². The quantitative estimate of drug-likeness (QED) is 0.387. The Hall–Kier alpha value is -3.58. The first-order valence-electron chi connectivity index (χ1n) is 11.3. The first kappa shape index (κ1) is 25.5. The number of cyclic esters (lactones) is 1. The maximum Gasteiger partial charge on any atom is 0.414 e. The number of carbonyl (C=O) groups excluding carboxylic acids is 2. The highest BCUT2D eigenvalue weighted by molar-refractivity contribution is 5.90. The molecule has 0 radical (unpaired) electrons. The Morgan fingerprint density at radius 1 is 1.14 bits per heavy atom. The van der Waals surface area contributed by atoms with Gasteiger partial charge in [-0.2, -0.15) is 8.78 Å². The summed E-state index contributed by atoms with van der Waals surface area (Å²) in [5.74, 6) is -3.19. The fourth-order valence-corrected chi connectivity index (χ4v) is 4.12. The second-order valence-electron chi connectivity index (χ2n) is 8.48. The van der Waals surface area contributed by atoms with Gasteiger partial charge in [0.1, 0.15) is 11.8 Å². The van der Waals surface area contributed by atoms with Gasteiger partial charge in [-0.05, 0) is 17.7 Å². The zero-order chi connectivity index (χ0) is 25.8. The Morgan fingerprint density at radius 3 is 2.50 bits per heavy atom. The van der Waals surface area contributed by atoms with Crippen molar-refractivity contribution in [3.05, 3.63) is 53.6 Å². The Kier molecular flexibility index (Phi) is 7.79. The van der Waals surface area contributed by atoms with E-state index in [-0.39, 0.29) is 24.5 Å². The monoisotopic (exact) mass is 510 g/mol. The maximum absolute atomic E-state index is 15.1. The fraction of sp³-hybridized carbons (Fsp3) is 0.391. The molecule has 2 aliphatic rings. The molecule has 2 saturated heterocycles. The standard InChI is InChI=1S/C23H26F4N6O3/c24-18-9-16(33-13-17(36-23(33)35)11-29-22(34)21(26)27)10-19(25)20(18)31-6-5-30-32(8-7-31)12-14-1-3-15(28)4-2-14/h1-4,9-10,17,21,30H,5-8,11-13,28H2,(H,29,34). The number of halogens is 4. The van der Waals surface area contributed by atoms with E-state index in [0.29, 0.717) is 38.4 Å². The summed E-state index contributed by atoms with van der Waals surface area (Å²) in [5, 5.41) is 3.92. The van der Waals surface area contributed by atoms with Crippen LogP contribution in [0.1, 0.15) is 5.56 Å². The summed E-state index contributed by atoms with van der Waals surface area (Å²) in [4.78, 5) is 25.8. The highest BCUT2D eigenvalue weighted by Gasteiger charge is 2.34. The van der Waals surface area contributed by atoms with Gasteiger partial charge in [-0.25, -0.2) is 18.6 Å². The molecule has 4 N–H and O–H groups in total. The number of hydrogen-bond donors (Lipinski definition) is 3. The molecule has 0 saturated carbocycles. The molecule has 0 aliphatic carbocycles. The predicted octanol–water partition coefficient (Wildman–Crippen LogP) is 2.08. The van der Waals surface area contributed by atoms with Gasteiger partial charge in [0.15, 0.2) is 11.6 Å². The number of benzene rings is 2. The molecule has 0 aromatic heterocycles. The van der Waals surface area contributed by atoms with Crippen LogP contribution in [-0.4, -0.2) is 68.8 Å². The molecule has 2 aromatic rings. The molecule has 0 spiro atoms. The van der Waals surface area contributed by atoms with Crippen LogP contribution in [0.2, 0.25) is 0 Å². The van der Waals surface area contributed by atoms with Gasteiger partial charge in [-0.1, -0.05) is 12.1 Å². The second kappa shape index (κ2) is 11.0. The zero-order valence-electron chi connectivity index (χ0n) is 19.2. The molecular weight excluding hydrogens is 484 g/mol. The van der Waals surface area contributed by atoms with Crippen LogP contribution in [0.5, 0.6) is 0 Å². The van der Waals surface area contributed by atoms with Crippen LogP contribution >= 0.6 is 0 Å². The molecule has 1 atom stereocenters. The van der Waals surface area contributed by atoms with E-state index in [4.69, 9.17) is 10.5 Å². The van der Waals surface area contributed by atoms with Crippen LogP contribution in [0.15, 0.2) is 36.4 Å². The smallest absolute Gasteiger partial charge is 0.414 e. The molecule has 36 heavy (non-hydrogen) atoms. The number of nitrogens with one attached hydrogen (secondary N) is 2. The summed E-state index contributed by atoms with van der Waals surface area (Å²) < 4.78 is 59.8. The summed E-state index contributed by atoms with van der Waals surface area (Å²) in [7, 11) is 0. The van der Waals surface area contributed by atoms with E-state index in [9.17, 15) is 18.4 Å². The number of hydrogen-bond acceptors (Lipinski definition) is 7. The zero-order valence-corrected chi connectivity index (χ0v) is 19.2. The summed E-state index contributed by atoms with van der Waals surface area (Å²) in [6.07, 6.45) is -5.03. The molecule has 2 aliphatic heterocycles. The van der Waals surface area contributed by atoms with Gasteiger partial charge in [0.2, 0.25) is 0 Å². The molecule has 2 aromatic carbocycles. The molecule has 2 fully saturated rings. The van der Waals surface area contributed by atoms with Gasteiger partial charge < -0.3 is 20.7 Å². The maximum atomic E-state index is 15.1. The van der Waals surface area contributed by atoms with Gasteiger partial charge in [0.05, 0.1) is 18.8 Å². The molecular formula is C23H26F4N6O3. The third kappa shape index (κ3) is 5.97. The van der Waals surface area contributed by atoms with Crippen molar-refractivity contribution >= 4 is 29.1 Å². The van der Waals surface area contributed by atoms with E-state index in [1.807, 2.05) is 34.6 Å². The van der Waals surface area contributed by atoms with Crippen molar-refractivity contribution in [2.75, 3.05) is 54.8 Å². The highest BCUT2D eigenvalue weighted by atomic mass is 19.3. The topological polar surface area (TPSA) is 103 Å². The van der Waals surface area contributed by atoms with Crippen molar-refractivity contribution in [3.8, 4) is 0 Å². The van der Waals surface area contributed by atoms with E-state index in [1.165, 1.54) is 0 Å². The largest absolute Gasteiger partial charge is 0.442 e. The SMILES string of the molecule is Nc1ccc(CN2CCN(c3c(F)cc(N4CC(CNC(=O)C(F)F)OC4=O)cc3F)CCN2)cc1. The summed E-state index contributed by atoms with van der Waals surface area (Å²) in [5.41, 5.74) is 10.4. The first-order valence-corrected chi connectivity index (χ1v) is 11.3. The van der Waals surface area contributed by atoms with Crippen LogP contribution in [0.4, 0.5) is 39.4 Å². The molecule has 13 heteroatoms. The average molecular weight is 510 g/mol. The minimum atomic E-state index is -3.20. The summed E-state index contributed by atoms with van der Waals surface area (Å²) >= 11 is 0. The van der Waals surface area contributed by atoms with Crippen molar-refractivity contribution in [2.24, 2.45) is 0 Å². The molecule has 2 heterocycles. The van der Waals surface area contributed by atoms with E-state index in [0.717, 1.165) is 22.6 Å². The van der Waals surface area contributed by atoms with E-state index in [2.05, 4.69) is 5.43 Å². The number of nitrogens with two attached hydrogens (primary N) is 1. The fourth-order valence-electron chi connectivity index (χ4n) is 4.12. The number of amides is 2. The number of rotatable bonds is 7. The molecule has 2 amide bonds. The normalized spacial score (nSPS) is 18.9. The number of alkyl halides is 2. The van der Waals surface area contributed by atoms with Crippen molar-refractivity contribution in [1.29, 1.82) is 0 Å². The number of ether oxygens (including phenoxy) is 1. The number of carbonyl (C=O) groups is 2. The first-order chi connectivity index (χ1) is 17.2. The minimum absolute atomic E-state index is 0.0700. The molecule has 0 bridgehead atoms. The van der Waals surface area contributed by atoms with Crippen molar-refractivity contribution in [3.63, 3.8) is 0 Å². The summed E-state index contributed by atoms with van der Waals surface area (Å²) in [6, 6.07) is 9.51. The van der Waals surface area contributed by atoms with Gasteiger partial charge in [-0.3, -0.25) is 15.1 Å². The van der Waals surface area contributed by atoms with Gasteiger partial charge in [0, 0.05) is 50.5 Å². The molecule has 194 valence electrons. The van der Waals surface area contributed by atoms with Crippen LogP contribution in [0, 0.1) is 11.6 Å². The van der Waals surface area contributed by atoms with Crippen LogP contribution in [0.3, 0.4) is 0 Å². The van der Waals surface area contributed by atoms with Crippen LogP contribution in [-0.2, 0) is 16.1 Å². The lowest BCUT2D eigenvalue weighted by atomic mass is 10.2. The van der Waals surface area contributed by atoms with Crippen molar-refractivity contribution in [1.82, 2.24) is 15.8 Å². The minimum Gasteiger partial charge on any atom is -0.442 e. The van der Waals surface area contributed by atoms with Crippen LogP contribution < -0.4 is 26.3 Å². The highest BCUT2D eigenvalue weighted by Crippen LogP contribution is 2.31. The third-order valence-electron chi connectivity index (χ3n) is 5.92. The lowest BCUT2D eigenvalue weighted by Crippen LogP contribution is -2.38. The summed E-state index contributed by atoms with van der Waals surface area (Å²) in [6.45, 7) is 1.75. The Balaban J connectivity index is 1.40. The van der Waals surface area contributed by atoms with Gasteiger partial charge in [0.25, 0.3) is 5.91 Å². The Labute approximate surface area is 204 Å². The number of nitrogens with zero attached hydrogens (tertiary/aromatic N) is 3. The Morgan fingerprint density at radius 2 is 1.83 bits per heavy atom. The van der Waals surface area contributed by atoms with Gasteiger partial charge >= 0.3 is 12.5 Å². The number of hydrazine groups is 1. The molecule has 9 nitrogen and oxygen atoms in total. The van der Waals surface area contributed by atoms with Crippen LogP contribution in [0.25, 0.3) is 0 Å². The third-order valence-corrected chi connectivity index (χ3v) is 5.92. The lowest BCUT2D eigenvalue weighted by molar-refractivity contribution is -0.132. The molecule has 4 rings (SSSR count). The molecule has 1 unspecified atom stereocenters.